The maximum absolute atomic E-state index is 12.1. The van der Waals surface area contributed by atoms with Crippen LogP contribution in [0.15, 0.2) is 0 Å². The van der Waals surface area contributed by atoms with Crippen LogP contribution in [0.4, 0.5) is 0 Å². The quantitative estimate of drug-likeness (QED) is 0.775. The molecule has 0 spiro atoms. The molecule has 1 aliphatic rings. The zero-order chi connectivity index (χ0) is 15.6. The van der Waals surface area contributed by atoms with Crippen molar-refractivity contribution in [1.82, 2.24) is 4.90 Å². The number of hydrogen-bond acceptors (Lipinski definition) is 2. The van der Waals surface area contributed by atoms with Crippen molar-refractivity contribution < 1.29 is 9.90 Å². The highest BCUT2D eigenvalue weighted by Crippen LogP contribution is 2.42. The van der Waals surface area contributed by atoms with Gasteiger partial charge in [0.05, 0.1) is 5.60 Å². The third-order valence-electron chi connectivity index (χ3n) is 5.73. The number of hydrogen-bond donors (Lipinski definition) is 1. The Hall–Kier alpha value is -0.570. The summed E-state index contributed by atoms with van der Waals surface area (Å²) in [6.07, 6.45) is 4.55. The minimum absolute atomic E-state index is 0.163. The molecule has 0 aliphatic carbocycles. The zero-order valence-corrected chi connectivity index (χ0v) is 14.2. The van der Waals surface area contributed by atoms with Gasteiger partial charge in [0.1, 0.15) is 0 Å². The summed E-state index contributed by atoms with van der Waals surface area (Å²) >= 11 is 0. The van der Waals surface area contributed by atoms with Crippen LogP contribution in [0.2, 0.25) is 0 Å². The van der Waals surface area contributed by atoms with E-state index in [4.69, 9.17) is 0 Å². The summed E-state index contributed by atoms with van der Waals surface area (Å²) in [6, 6.07) is 0.256. The van der Waals surface area contributed by atoms with E-state index in [1.165, 1.54) is 0 Å². The van der Waals surface area contributed by atoms with E-state index in [1.54, 1.807) is 0 Å². The number of carbonyl (C=O) groups excluding carboxylic acids is 1. The molecule has 0 radical (unpaired) electrons. The van der Waals surface area contributed by atoms with Gasteiger partial charge in [-0.25, -0.2) is 0 Å². The molecular weight excluding hydrogens is 250 g/mol. The first kappa shape index (κ1) is 17.5. The Kier molecular flexibility index (Phi) is 5.65. The molecule has 1 amide bonds. The molecule has 1 N–H and O–H groups in total. The summed E-state index contributed by atoms with van der Waals surface area (Å²) in [5.74, 6) is 0.773. The predicted molar refractivity (Wildman–Crippen MR) is 83.5 cm³/mol. The van der Waals surface area contributed by atoms with Crippen molar-refractivity contribution in [2.75, 3.05) is 6.54 Å². The van der Waals surface area contributed by atoms with Gasteiger partial charge in [-0.05, 0) is 44.4 Å². The second-order valence-electron chi connectivity index (χ2n) is 7.32. The number of aliphatic hydroxyl groups is 1. The molecule has 20 heavy (non-hydrogen) atoms. The normalized spacial score (nSPS) is 22.8. The first-order chi connectivity index (χ1) is 9.16. The van der Waals surface area contributed by atoms with Crippen LogP contribution >= 0.6 is 0 Å². The van der Waals surface area contributed by atoms with Crippen molar-refractivity contribution in [2.45, 2.75) is 85.3 Å². The summed E-state index contributed by atoms with van der Waals surface area (Å²) < 4.78 is 0. The number of nitrogens with zero attached hydrogens (tertiary/aromatic N) is 1. The summed E-state index contributed by atoms with van der Waals surface area (Å²) in [4.78, 5) is 14.2. The summed E-state index contributed by atoms with van der Waals surface area (Å²) in [5.41, 5.74) is -0.889. The molecule has 3 nitrogen and oxygen atoms in total. The topological polar surface area (TPSA) is 40.5 Å². The Labute approximate surface area is 124 Å². The lowest BCUT2D eigenvalue weighted by Gasteiger charge is -2.45. The second kappa shape index (κ2) is 6.46. The van der Waals surface area contributed by atoms with Crippen molar-refractivity contribution in [2.24, 2.45) is 11.3 Å². The molecule has 0 saturated carbocycles. The average Bonchev–Trinajstić information content (AvgIpc) is 2.79. The fourth-order valence-corrected chi connectivity index (χ4v) is 3.20. The molecule has 0 bridgehead atoms. The molecule has 0 aromatic heterocycles. The lowest BCUT2D eigenvalue weighted by Crippen LogP contribution is -2.49. The van der Waals surface area contributed by atoms with Gasteiger partial charge in [0.15, 0.2) is 0 Å². The number of likely N-dealkylation sites (tertiary alicyclic amines) is 1. The minimum Gasteiger partial charge on any atom is -0.390 e. The zero-order valence-electron chi connectivity index (χ0n) is 14.2. The van der Waals surface area contributed by atoms with E-state index in [2.05, 4.69) is 32.6 Å². The number of rotatable bonds is 7. The van der Waals surface area contributed by atoms with Gasteiger partial charge in [0.25, 0.3) is 0 Å². The summed E-state index contributed by atoms with van der Waals surface area (Å²) in [7, 11) is 0. The molecule has 1 aliphatic heterocycles. The minimum atomic E-state index is -0.726. The third-order valence-corrected chi connectivity index (χ3v) is 5.73. The van der Waals surface area contributed by atoms with E-state index in [9.17, 15) is 9.90 Å². The van der Waals surface area contributed by atoms with Gasteiger partial charge in [0.2, 0.25) is 5.91 Å². The van der Waals surface area contributed by atoms with Gasteiger partial charge in [-0.2, -0.15) is 0 Å². The lowest BCUT2D eigenvalue weighted by molar-refractivity contribution is -0.133. The Morgan fingerprint density at radius 1 is 1.30 bits per heavy atom. The van der Waals surface area contributed by atoms with Gasteiger partial charge in [-0.1, -0.05) is 34.1 Å². The van der Waals surface area contributed by atoms with E-state index in [0.29, 0.717) is 18.2 Å². The van der Waals surface area contributed by atoms with E-state index in [1.807, 2.05) is 13.8 Å². The summed E-state index contributed by atoms with van der Waals surface area (Å²) in [6.45, 7) is 13.4. The maximum atomic E-state index is 12.1. The monoisotopic (exact) mass is 283 g/mol. The van der Waals surface area contributed by atoms with Crippen LogP contribution in [-0.2, 0) is 4.79 Å². The van der Waals surface area contributed by atoms with Crippen LogP contribution in [0.1, 0.15) is 73.6 Å². The van der Waals surface area contributed by atoms with E-state index < -0.39 is 5.60 Å². The van der Waals surface area contributed by atoms with Crippen molar-refractivity contribution in [3.8, 4) is 0 Å². The van der Waals surface area contributed by atoms with Crippen molar-refractivity contribution in [3.05, 3.63) is 0 Å². The third kappa shape index (κ3) is 3.55. The van der Waals surface area contributed by atoms with Gasteiger partial charge < -0.3 is 10.0 Å². The summed E-state index contributed by atoms with van der Waals surface area (Å²) in [5, 5.41) is 10.5. The molecule has 1 fully saturated rings. The Morgan fingerprint density at radius 2 is 1.90 bits per heavy atom. The SMILES string of the molecule is CCC(C)C(CC(C)(CC)C(C)(C)O)N1CCCC1=O. The van der Waals surface area contributed by atoms with Crippen molar-refractivity contribution in [3.63, 3.8) is 0 Å². The maximum Gasteiger partial charge on any atom is 0.222 e. The van der Waals surface area contributed by atoms with Gasteiger partial charge in [0, 0.05) is 19.0 Å². The number of amides is 1. The van der Waals surface area contributed by atoms with Crippen LogP contribution in [0, 0.1) is 11.3 Å². The molecule has 1 saturated heterocycles. The molecule has 3 unspecified atom stereocenters. The van der Waals surface area contributed by atoms with Crippen LogP contribution in [-0.4, -0.2) is 34.1 Å². The molecular formula is C17H33NO2. The Bertz CT molecular complexity index is 334. The van der Waals surface area contributed by atoms with Gasteiger partial charge >= 0.3 is 0 Å². The van der Waals surface area contributed by atoms with Crippen LogP contribution in [0.25, 0.3) is 0 Å². The van der Waals surface area contributed by atoms with Crippen LogP contribution < -0.4 is 0 Å². The van der Waals surface area contributed by atoms with Gasteiger partial charge in [-0.3, -0.25) is 4.79 Å². The van der Waals surface area contributed by atoms with Crippen LogP contribution in [0.5, 0.6) is 0 Å². The highest BCUT2D eigenvalue weighted by atomic mass is 16.3. The lowest BCUT2D eigenvalue weighted by atomic mass is 9.67. The second-order valence-corrected chi connectivity index (χ2v) is 7.32. The molecule has 3 atom stereocenters. The van der Waals surface area contributed by atoms with Gasteiger partial charge in [-0.15, -0.1) is 0 Å². The first-order valence-corrected chi connectivity index (χ1v) is 8.18. The van der Waals surface area contributed by atoms with E-state index >= 15 is 0 Å². The smallest absolute Gasteiger partial charge is 0.222 e. The fourth-order valence-electron chi connectivity index (χ4n) is 3.20. The first-order valence-electron chi connectivity index (χ1n) is 8.18. The molecule has 0 aromatic carbocycles. The highest BCUT2D eigenvalue weighted by molar-refractivity contribution is 5.78. The Balaban J connectivity index is 2.97. The average molecular weight is 283 g/mol. The molecule has 1 rings (SSSR count). The van der Waals surface area contributed by atoms with Crippen molar-refractivity contribution >= 4 is 5.91 Å². The Morgan fingerprint density at radius 3 is 2.25 bits per heavy atom. The fraction of sp³-hybridized carbons (Fsp3) is 0.941. The molecule has 1 heterocycles. The van der Waals surface area contributed by atoms with Crippen molar-refractivity contribution in [1.29, 1.82) is 0 Å². The highest BCUT2D eigenvalue weighted by Gasteiger charge is 2.43. The molecule has 118 valence electrons. The predicted octanol–water partition coefficient (Wildman–Crippen LogP) is 3.60. The molecule has 3 heteroatoms. The molecule has 0 aromatic rings. The van der Waals surface area contributed by atoms with E-state index in [-0.39, 0.29) is 11.5 Å². The van der Waals surface area contributed by atoms with Crippen LogP contribution in [0.3, 0.4) is 0 Å². The largest absolute Gasteiger partial charge is 0.390 e. The van der Waals surface area contributed by atoms with E-state index in [0.717, 1.165) is 32.2 Å². The number of carbonyl (C=O) groups is 1. The standard InChI is InChI=1S/C17H33NO2/c1-7-13(3)14(18-11-9-10-15(18)19)12-17(6,8-2)16(4,5)20/h13-14,20H,7-12H2,1-6H3.